The summed E-state index contributed by atoms with van der Waals surface area (Å²) in [5, 5.41) is 3.32. The van der Waals surface area contributed by atoms with Gasteiger partial charge in [-0.25, -0.2) is 0 Å². The molecule has 2 amide bonds. The molecule has 0 aromatic heterocycles. The lowest BCUT2D eigenvalue weighted by Crippen LogP contribution is -2.48. The van der Waals surface area contributed by atoms with Crippen molar-refractivity contribution >= 4 is 18.0 Å². The van der Waals surface area contributed by atoms with Crippen molar-refractivity contribution in [1.29, 1.82) is 0 Å². The van der Waals surface area contributed by atoms with Gasteiger partial charge in [0.15, 0.2) is 0 Å². The SMILES string of the molecule is Cc1ccc(NCCC(=O)N2CCN(C=O)CC2)c(C)c1. The molecule has 1 aromatic rings. The van der Waals surface area contributed by atoms with E-state index in [9.17, 15) is 9.59 Å². The van der Waals surface area contributed by atoms with Gasteiger partial charge >= 0.3 is 0 Å². The molecule has 1 aliphatic heterocycles. The van der Waals surface area contributed by atoms with Crippen LogP contribution in [0.2, 0.25) is 0 Å². The van der Waals surface area contributed by atoms with Crippen LogP contribution in [0.1, 0.15) is 17.5 Å². The molecular formula is C16H23N3O2. The number of nitrogens with one attached hydrogen (secondary N) is 1. The zero-order valence-electron chi connectivity index (χ0n) is 12.8. The molecule has 1 heterocycles. The smallest absolute Gasteiger partial charge is 0.224 e. The van der Waals surface area contributed by atoms with E-state index in [0.717, 1.165) is 12.1 Å². The van der Waals surface area contributed by atoms with Crippen molar-refractivity contribution in [3.63, 3.8) is 0 Å². The minimum Gasteiger partial charge on any atom is -0.384 e. The highest BCUT2D eigenvalue weighted by atomic mass is 16.2. The number of carbonyl (C=O) groups is 2. The summed E-state index contributed by atoms with van der Waals surface area (Å²) in [6, 6.07) is 6.25. The molecule has 5 heteroatoms. The number of carbonyl (C=O) groups excluding carboxylic acids is 2. The van der Waals surface area contributed by atoms with Crippen LogP contribution in [-0.2, 0) is 9.59 Å². The van der Waals surface area contributed by atoms with Crippen molar-refractivity contribution in [2.75, 3.05) is 38.0 Å². The summed E-state index contributed by atoms with van der Waals surface area (Å²) in [6.45, 7) is 7.33. The lowest BCUT2D eigenvalue weighted by atomic mass is 10.1. The first kappa shape index (κ1) is 15.4. The third-order valence-corrected chi connectivity index (χ3v) is 3.85. The van der Waals surface area contributed by atoms with Crippen LogP contribution in [0.15, 0.2) is 18.2 Å². The van der Waals surface area contributed by atoms with Crippen LogP contribution in [0.4, 0.5) is 5.69 Å². The molecule has 0 aliphatic carbocycles. The van der Waals surface area contributed by atoms with Crippen molar-refractivity contribution in [1.82, 2.24) is 9.80 Å². The second-order valence-electron chi connectivity index (χ2n) is 5.52. The molecule has 0 atom stereocenters. The van der Waals surface area contributed by atoms with Crippen molar-refractivity contribution < 1.29 is 9.59 Å². The zero-order valence-corrected chi connectivity index (χ0v) is 12.8. The van der Waals surface area contributed by atoms with Gasteiger partial charge in [-0.15, -0.1) is 0 Å². The summed E-state index contributed by atoms with van der Waals surface area (Å²) in [6.07, 6.45) is 1.33. The predicted octanol–water partition coefficient (Wildman–Crippen LogP) is 1.41. The largest absolute Gasteiger partial charge is 0.384 e. The van der Waals surface area contributed by atoms with Crippen molar-refractivity contribution in [2.24, 2.45) is 0 Å². The Bertz CT molecular complexity index is 508. The summed E-state index contributed by atoms with van der Waals surface area (Å²) in [4.78, 5) is 26.3. The van der Waals surface area contributed by atoms with Crippen molar-refractivity contribution in [3.05, 3.63) is 29.3 Å². The number of nitrogens with zero attached hydrogens (tertiary/aromatic N) is 2. The Labute approximate surface area is 125 Å². The Balaban J connectivity index is 1.75. The Morgan fingerprint density at radius 2 is 1.95 bits per heavy atom. The average Bonchev–Trinajstić information content (AvgIpc) is 2.49. The molecule has 1 fully saturated rings. The van der Waals surface area contributed by atoms with Gasteiger partial charge in [0.25, 0.3) is 0 Å². The van der Waals surface area contributed by atoms with Crippen LogP contribution in [0.25, 0.3) is 0 Å². The quantitative estimate of drug-likeness (QED) is 0.834. The number of piperazine rings is 1. The zero-order chi connectivity index (χ0) is 15.2. The topological polar surface area (TPSA) is 52.7 Å². The third-order valence-electron chi connectivity index (χ3n) is 3.85. The normalized spacial score (nSPS) is 15.0. The fraction of sp³-hybridized carbons (Fsp3) is 0.500. The predicted molar refractivity (Wildman–Crippen MR) is 83.2 cm³/mol. The van der Waals surface area contributed by atoms with Crippen LogP contribution in [0.3, 0.4) is 0 Å². The monoisotopic (exact) mass is 289 g/mol. The van der Waals surface area contributed by atoms with Gasteiger partial charge in [-0.3, -0.25) is 9.59 Å². The number of hydrogen-bond donors (Lipinski definition) is 1. The molecule has 1 N–H and O–H groups in total. The number of amides is 2. The summed E-state index contributed by atoms with van der Waals surface area (Å²) in [5.41, 5.74) is 3.52. The Kier molecular flexibility index (Phi) is 5.20. The molecule has 2 rings (SSSR count). The second kappa shape index (κ2) is 7.11. The van der Waals surface area contributed by atoms with E-state index >= 15 is 0 Å². The first-order valence-corrected chi connectivity index (χ1v) is 7.38. The summed E-state index contributed by atoms with van der Waals surface area (Å²) in [5.74, 6) is 0.151. The van der Waals surface area contributed by atoms with E-state index in [4.69, 9.17) is 0 Å². The number of aryl methyl sites for hydroxylation is 2. The maximum Gasteiger partial charge on any atom is 0.224 e. The number of anilines is 1. The summed E-state index contributed by atoms with van der Waals surface area (Å²) < 4.78 is 0. The summed E-state index contributed by atoms with van der Waals surface area (Å²) >= 11 is 0. The van der Waals surface area contributed by atoms with Crippen LogP contribution >= 0.6 is 0 Å². The van der Waals surface area contributed by atoms with E-state index in [-0.39, 0.29) is 5.91 Å². The second-order valence-corrected chi connectivity index (χ2v) is 5.52. The Morgan fingerprint density at radius 3 is 2.57 bits per heavy atom. The van der Waals surface area contributed by atoms with Gasteiger partial charge in [0.1, 0.15) is 0 Å². The average molecular weight is 289 g/mol. The molecule has 0 saturated carbocycles. The number of benzene rings is 1. The van der Waals surface area contributed by atoms with E-state index < -0.39 is 0 Å². The Hall–Kier alpha value is -2.04. The van der Waals surface area contributed by atoms with Gasteiger partial charge in [0.2, 0.25) is 12.3 Å². The van der Waals surface area contributed by atoms with Gasteiger partial charge in [-0.1, -0.05) is 17.7 Å². The molecule has 1 aromatic carbocycles. The molecule has 1 saturated heterocycles. The van der Waals surface area contributed by atoms with Crippen LogP contribution in [0.5, 0.6) is 0 Å². The molecule has 0 unspecified atom stereocenters. The van der Waals surface area contributed by atoms with E-state index in [0.29, 0.717) is 39.1 Å². The fourth-order valence-corrected chi connectivity index (χ4v) is 2.55. The van der Waals surface area contributed by atoms with Gasteiger partial charge < -0.3 is 15.1 Å². The highest BCUT2D eigenvalue weighted by molar-refractivity contribution is 5.77. The Morgan fingerprint density at radius 1 is 1.24 bits per heavy atom. The first-order valence-electron chi connectivity index (χ1n) is 7.38. The lowest BCUT2D eigenvalue weighted by Gasteiger charge is -2.32. The highest BCUT2D eigenvalue weighted by Gasteiger charge is 2.19. The molecule has 114 valence electrons. The van der Waals surface area contributed by atoms with Gasteiger partial charge in [0, 0.05) is 44.8 Å². The molecular weight excluding hydrogens is 266 g/mol. The molecule has 0 spiro atoms. The number of rotatable bonds is 5. The molecule has 0 radical (unpaired) electrons. The molecule has 21 heavy (non-hydrogen) atoms. The van der Waals surface area contributed by atoms with E-state index in [2.05, 4.69) is 37.4 Å². The molecule has 5 nitrogen and oxygen atoms in total. The van der Waals surface area contributed by atoms with Crippen LogP contribution < -0.4 is 5.32 Å². The fourth-order valence-electron chi connectivity index (χ4n) is 2.55. The maximum absolute atomic E-state index is 12.1. The molecule has 1 aliphatic rings. The van der Waals surface area contributed by atoms with Crippen molar-refractivity contribution in [3.8, 4) is 0 Å². The van der Waals surface area contributed by atoms with Crippen LogP contribution in [0, 0.1) is 13.8 Å². The van der Waals surface area contributed by atoms with E-state index in [1.165, 1.54) is 11.1 Å². The minimum atomic E-state index is 0.151. The van der Waals surface area contributed by atoms with Gasteiger partial charge in [-0.05, 0) is 25.5 Å². The lowest BCUT2D eigenvalue weighted by molar-refractivity contribution is -0.134. The highest BCUT2D eigenvalue weighted by Crippen LogP contribution is 2.15. The van der Waals surface area contributed by atoms with E-state index in [1.54, 1.807) is 4.90 Å². The molecule has 0 bridgehead atoms. The standard InChI is InChI=1S/C16H23N3O2/c1-13-3-4-15(14(2)11-13)17-6-5-16(21)19-9-7-18(12-20)8-10-19/h3-4,11-12,17H,5-10H2,1-2H3. The van der Waals surface area contributed by atoms with Gasteiger partial charge in [0.05, 0.1) is 0 Å². The van der Waals surface area contributed by atoms with Gasteiger partial charge in [-0.2, -0.15) is 0 Å². The van der Waals surface area contributed by atoms with Crippen molar-refractivity contribution in [2.45, 2.75) is 20.3 Å². The first-order chi connectivity index (χ1) is 10.1. The minimum absolute atomic E-state index is 0.151. The maximum atomic E-state index is 12.1. The van der Waals surface area contributed by atoms with E-state index in [1.807, 2.05) is 4.90 Å². The number of hydrogen-bond acceptors (Lipinski definition) is 3. The third kappa shape index (κ3) is 4.21. The van der Waals surface area contributed by atoms with Crippen LogP contribution in [-0.4, -0.2) is 54.8 Å². The summed E-state index contributed by atoms with van der Waals surface area (Å²) in [7, 11) is 0.